The number of ether oxygens (including phenoxy) is 1. The molecule has 6 heteroatoms. The molecule has 0 spiro atoms. The van der Waals surface area contributed by atoms with Crippen LogP contribution in [0.15, 0.2) is 199 Å². The molecular formula is C70H60N4O2. The smallest absolute Gasteiger partial charge is 0.146 e. The Labute approximate surface area is 443 Å². The average Bonchev–Trinajstić information content (AvgIpc) is 4.19. The van der Waals surface area contributed by atoms with Gasteiger partial charge in [-0.1, -0.05) is 165 Å². The van der Waals surface area contributed by atoms with Gasteiger partial charge in [0.2, 0.25) is 0 Å². The lowest BCUT2D eigenvalue weighted by atomic mass is 9.82. The van der Waals surface area contributed by atoms with Crippen LogP contribution < -0.4 is 4.74 Å². The molecule has 0 aliphatic carbocycles. The number of aromatic nitrogens is 4. The van der Waals surface area contributed by atoms with Gasteiger partial charge in [0.05, 0.1) is 39.5 Å². The molecule has 76 heavy (non-hydrogen) atoms. The van der Waals surface area contributed by atoms with Crippen LogP contribution in [0.4, 0.5) is 0 Å². The number of pyridine rings is 1. The van der Waals surface area contributed by atoms with Gasteiger partial charge < -0.3 is 9.15 Å². The lowest BCUT2D eigenvalue weighted by molar-refractivity contribution is 0.483. The number of rotatable bonds is 11. The van der Waals surface area contributed by atoms with Crippen molar-refractivity contribution in [3.8, 4) is 62.0 Å². The van der Waals surface area contributed by atoms with Crippen molar-refractivity contribution in [2.45, 2.75) is 79.1 Å². The molecule has 6 nitrogen and oxygen atoms in total. The highest BCUT2D eigenvalue weighted by atomic mass is 16.5. The third-order valence-corrected chi connectivity index (χ3v) is 15.5. The Kier molecular flexibility index (Phi) is 11.5. The molecule has 0 atom stereocenters. The zero-order chi connectivity index (χ0) is 51.9. The first-order valence-corrected chi connectivity index (χ1v) is 26.9. The number of nitrogens with zero attached hydrogens (tertiary/aromatic N) is 4. The number of para-hydroxylation sites is 2. The van der Waals surface area contributed by atoms with Gasteiger partial charge in [-0.05, 0) is 164 Å². The van der Waals surface area contributed by atoms with E-state index in [2.05, 4.69) is 240 Å². The molecule has 4 aromatic heterocycles. The van der Waals surface area contributed by atoms with Gasteiger partial charge in [0, 0.05) is 21.7 Å². The minimum absolute atomic E-state index is 0.254. The van der Waals surface area contributed by atoms with E-state index in [4.69, 9.17) is 19.1 Å². The van der Waals surface area contributed by atoms with E-state index >= 15 is 0 Å². The molecule has 0 radical (unpaired) electrons. The lowest BCUT2D eigenvalue weighted by Gasteiger charge is -2.24. The normalized spacial score (nSPS) is 12.2. The van der Waals surface area contributed by atoms with Crippen molar-refractivity contribution in [3.63, 3.8) is 0 Å². The van der Waals surface area contributed by atoms with E-state index in [-0.39, 0.29) is 11.8 Å². The number of hydrogen-bond acceptors (Lipinski definition) is 4. The first kappa shape index (κ1) is 47.0. The number of hydrogen-bond donors (Lipinski definition) is 0. The van der Waals surface area contributed by atoms with Gasteiger partial charge in [0.15, 0.2) is 0 Å². The van der Waals surface area contributed by atoms with E-state index < -0.39 is 0 Å². The highest BCUT2D eigenvalue weighted by Gasteiger charge is 2.26. The maximum absolute atomic E-state index is 6.95. The maximum atomic E-state index is 6.95. The van der Waals surface area contributed by atoms with Gasteiger partial charge >= 0.3 is 0 Å². The standard InChI is InChI=1S/C70H60N4O2/c1-41(2)56-35-49(45-18-11-9-12-19-45)36-57(42(3)4)66(56)47-26-28-54-53-29-27-52(40-60(53)70-72-62-30-31-65-55(32-33-75-65)68(62)74(70)64(54)39-47)76-51-23-17-22-48(34-51)69-71-61-24-15-16-25-63(61)73(69)67-58(43(5)6)37-50(38-59(67)44(7)8)46-20-13-10-14-21-46/h9-44H,1-8H3. The minimum Gasteiger partial charge on any atom is -0.464 e. The van der Waals surface area contributed by atoms with Crippen molar-refractivity contribution >= 4 is 60.4 Å². The number of furan rings is 1. The summed E-state index contributed by atoms with van der Waals surface area (Å²) in [6, 6.07) is 67.6. The van der Waals surface area contributed by atoms with Crippen LogP contribution in [0.5, 0.6) is 11.5 Å². The first-order valence-electron chi connectivity index (χ1n) is 26.9. The summed E-state index contributed by atoms with van der Waals surface area (Å²) in [5, 5.41) is 4.27. The molecule has 13 aromatic rings. The van der Waals surface area contributed by atoms with Crippen LogP contribution in [0, 0.1) is 0 Å². The SMILES string of the molecule is CC(C)c1cc(-c2ccccc2)cc(C(C)C)c1-c1ccc2c3ccc(Oc4cccc(-c5nc6ccccc6n5-c5c(C(C)C)cc(-c6ccccc6)cc5C(C)C)c4)cc3c3nc4ccc5occc5c4n3c2c1. The molecule has 9 aromatic carbocycles. The molecule has 0 saturated heterocycles. The Morgan fingerprint density at radius 2 is 1.01 bits per heavy atom. The summed E-state index contributed by atoms with van der Waals surface area (Å²) >= 11 is 0. The predicted molar refractivity (Wildman–Crippen MR) is 317 cm³/mol. The number of imidazole rings is 2. The Bertz CT molecular complexity index is 4320. The summed E-state index contributed by atoms with van der Waals surface area (Å²) in [7, 11) is 0. The molecule has 0 aliphatic heterocycles. The van der Waals surface area contributed by atoms with Crippen LogP contribution >= 0.6 is 0 Å². The fraction of sp³-hybridized carbons (Fsp3) is 0.171. The second kappa shape index (κ2) is 18.6. The Morgan fingerprint density at radius 1 is 0.408 bits per heavy atom. The van der Waals surface area contributed by atoms with Gasteiger partial charge in [0.1, 0.15) is 28.6 Å². The molecule has 13 rings (SSSR count). The first-order chi connectivity index (χ1) is 37.0. The van der Waals surface area contributed by atoms with Crippen LogP contribution in [0.1, 0.15) is 101 Å². The lowest BCUT2D eigenvalue weighted by Crippen LogP contribution is -2.09. The van der Waals surface area contributed by atoms with Crippen molar-refractivity contribution in [2.75, 3.05) is 0 Å². The number of benzene rings is 9. The highest BCUT2D eigenvalue weighted by Crippen LogP contribution is 2.45. The van der Waals surface area contributed by atoms with Crippen molar-refractivity contribution in [1.82, 2.24) is 18.9 Å². The van der Waals surface area contributed by atoms with Gasteiger partial charge in [0.25, 0.3) is 0 Å². The summed E-state index contributed by atoms with van der Waals surface area (Å²) in [5.41, 5.74) is 21.6. The second-order valence-electron chi connectivity index (χ2n) is 21.7. The van der Waals surface area contributed by atoms with E-state index in [1.165, 1.54) is 61.3 Å². The Morgan fingerprint density at radius 3 is 1.68 bits per heavy atom. The molecule has 0 amide bonds. The highest BCUT2D eigenvalue weighted by molar-refractivity contribution is 6.17. The van der Waals surface area contributed by atoms with E-state index in [1.807, 2.05) is 12.1 Å². The molecular weight excluding hydrogens is 929 g/mol. The molecule has 0 bridgehead atoms. The Balaban J connectivity index is 0.962. The molecule has 0 saturated carbocycles. The average molecular weight is 989 g/mol. The van der Waals surface area contributed by atoms with Crippen molar-refractivity contribution in [1.29, 1.82) is 0 Å². The molecule has 0 aliphatic rings. The minimum atomic E-state index is 0.254. The molecule has 0 N–H and O–H groups in total. The second-order valence-corrected chi connectivity index (χ2v) is 21.7. The summed E-state index contributed by atoms with van der Waals surface area (Å²) < 4.78 is 17.7. The monoisotopic (exact) mass is 988 g/mol. The van der Waals surface area contributed by atoms with Crippen molar-refractivity contribution in [3.05, 3.63) is 217 Å². The molecule has 0 unspecified atom stereocenters. The summed E-state index contributed by atoms with van der Waals surface area (Å²) in [4.78, 5) is 10.8. The van der Waals surface area contributed by atoms with Crippen molar-refractivity contribution in [2.24, 2.45) is 0 Å². The zero-order valence-electron chi connectivity index (χ0n) is 44.4. The van der Waals surface area contributed by atoms with Crippen LogP contribution in [0.25, 0.3) is 111 Å². The molecule has 372 valence electrons. The fourth-order valence-electron chi connectivity index (χ4n) is 11.8. The van der Waals surface area contributed by atoms with Gasteiger partial charge in [-0.2, -0.15) is 0 Å². The van der Waals surface area contributed by atoms with Crippen LogP contribution in [0.3, 0.4) is 0 Å². The summed E-state index contributed by atoms with van der Waals surface area (Å²) in [5.74, 6) is 3.43. The third-order valence-electron chi connectivity index (χ3n) is 15.5. The predicted octanol–water partition coefficient (Wildman–Crippen LogP) is 19.8. The van der Waals surface area contributed by atoms with Gasteiger partial charge in [-0.15, -0.1) is 0 Å². The zero-order valence-corrected chi connectivity index (χ0v) is 44.4. The van der Waals surface area contributed by atoms with Gasteiger partial charge in [-0.3, -0.25) is 8.97 Å². The topological polar surface area (TPSA) is 57.5 Å². The third kappa shape index (κ3) is 7.85. The van der Waals surface area contributed by atoms with Crippen LogP contribution in [-0.4, -0.2) is 18.9 Å². The van der Waals surface area contributed by atoms with E-state index in [0.29, 0.717) is 11.8 Å². The maximum Gasteiger partial charge on any atom is 0.146 e. The summed E-state index contributed by atoms with van der Waals surface area (Å²) in [6.45, 7) is 18.4. The summed E-state index contributed by atoms with van der Waals surface area (Å²) in [6.07, 6.45) is 1.78. The van der Waals surface area contributed by atoms with Crippen LogP contribution in [-0.2, 0) is 0 Å². The van der Waals surface area contributed by atoms with E-state index in [0.717, 1.165) is 83.2 Å². The fourth-order valence-corrected chi connectivity index (χ4v) is 11.8. The number of fused-ring (bicyclic) bond motifs is 11. The molecule has 4 heterocycles. The van der Waals surface area contributed by atoms with Crippen molar-refractivity contribution < 1.29 is 9.15 Å². The van der Waals surface area contributed by atoms with E-state index in [1.54, 1.807) is 6.26 Å². The van der Waals surface area contributed by atoms with Crippen LogP contribution in [0.2, 0.25) is 0 Å². The largest absolute Gasteiger partial charge is 0.464 e. The van der Waals surface area contributed by atoms with E-state index in [9.17, 15) is 0 Å². The van der Waals surface area contributed by atoms with Gasteiger partial charge in [-0.25, -0.2) is 9.97 Å². The quantitative estimate of drug-likeness (QED) is 0.121. The Hall–Kier alpha value is -8.74. The molecule has 0 fully saturated rings.